The number of aliphatic hydroxyl groups excluding tert-OH is 7. The Bertz CT molecular complexity index is 673. The largest absolute Gasteiger partial charge is 0.462 e. The molecule has 0 saturated carbocycles. The van der Waals surface area contributed by atoms with Gasteiger partial charge in [-0.2, -0.15) is 0 Å². The van der Waals surface area contributed by atoms with Gasteiger partial charge >= 0.3 is 0 Å². The third-order valence-electron chi connectivity index (χ3n) is 5.09. The fourth-order valence-electron chi connectivity index (χ4n) is 3.33. The molecule has 3 rings (SSSR count). The second-order valence-electron chi connectivity index (χ2n) is 7.19. The molecule has 0 aromatic heterocycles. The smallest absolute Gasteiger partial charge is 0.229 e. The molecular formula is C18H27NO11. The quantitative estimate of drug-likeness (QED) is 0.204. The van der Waals surface area contributed by atoms with Gasteiger partial charge in [0, 0.05) is 5.69 Å². The number of anilines is 1. The van der Waals surface area contributed by atoms with Crippen molar-refractivity contribution in [3.05, 3.63) is 24.3 Å². The van der Waals surface area contributed by atoms with E-state index in [9.17, 15) is 35.7 Å². The molecule has 0 spiro atoms. The molecule has 0 amide bonds. The van der Waals surface area contributed by atoms with Crippen LogP contribution in [0.25, 0.3) is 0 Å². The minimum Gasteiger partial charge on any atom is -0.462 e. The average molecular weight is 433 g/mol. The maximum atomic E-state index is 10.5. The lowest BCUT2D eigenvalue weighted by Crippen LogP contribution is -2.65. The molecule has 0 radical (unpaired) electrons. The van der Waals surface area contributed by atoms with Crippen LogP contribution in [0.4, 0.5) is 5.69 Å². The van der Waals surface area contributed by atoms with Crippen molar-refractivity contribution in [3.63, 3.8) is 0 Å². The lowest BCUT2D eigenvalue weighted by atomic mass is 9.97. The number of hydrogen-bond donors (Lipinski definition) is 8. The van der Waals surface area contributed by atoms with Gasteiger partial charge in [-0.15, -0.1) is 0 Å². The number of nitrogen functional groups attached to an aromatic ring is 1. The summed E-state index contributed by atoms with van der Waals surface area (Å²) in [5, 5.41) is 69.7. The van der Waals surface area contributed by atoms with Gasteiger partial charge in [0.1, 0.15) is 54.6 Å². The highest BCUT2D eigenvalue weighted by molar-refractivity contribution is 5.41. The summed E-state index contributed by atoms with van der Waals surface area (Å²) in [7, 11) is 0. The van der Waals surface area contributed by atoms with Crippen LogP contribution in [-0.4, -0.2) is 110 Å². The van der Waals surface area contributed by atoms with Gasteiger partial charge in [-0.3, -0.25) is 0 Å². The molecule has 9 N–H and O–H groups in total. The number of nitrogens with two attached hydrogens (primary N) is 1. The minimum atomic E-state index is -1.73. The van der Waals surface area contributed by atoms with E-state index >= 15 is 0 Å². The van der Waals surface area contributed by atoms with Crippen molar-refractivity contribution in [2.24, 2.45) is 0 Å². The van der Waals surface area contributed by atoms with Crippen molar-refractivity contribution in [2.45, 2.75) is 61.4 Å². The topological polar surface area (TPSA) is 205 Å². The van der Waals surface area contributed by atoms with Crippen LogP contribution in [0.15, 0.2) is 24.3 Å². The summed E-state index contributed by atoms with van der Waals surface area (Å²) in [6.45, 7) is -1.31. The molecule has 0 bridgehead atoms. The Morgan fingerprint density at radius 3 is 1.90 bits per heavy atom. The van der Waals surface area contributed by atoms with Crippen LogP contribution in [-0.2, 0) is 14.2 Å². The first kappa shape index (κ1) is 23.1. The highest BCUT2D eigenvalue weighted by Gasteiger charge is 2.51. The molecule has 2 heterocycles. The van der Waals surface area contributed by atoms with Gasteiger partial charge in [0.15, 0.2) is 6.29 Å². The van der Waals surface area contributed by atoms with E-state index < -0.39 is 74.6 Å². The fraction of sp³-hybridized carbons (Fsp3) is 0.667. The Morgan fingerprint density at radius 1 is 0.733 bits per heavy atom. The van der Waals surface area contributed by atoms with E-state index in [4.69, 9.17) is 24.7 Å². The molecule has 12 nitrogen and oxygen atoms in total. The first-order chi connectivity index (χ1) is 14.3. The van der Waals surface area contributed by atoms with Crippen molar-refractivity contribution in [3.8, 4) is 5.75 Å². The Kier molecular flexibility index (Phi) is 7.47. The second-order valence-corrected chi connectivity index (χ2v) is 7.19. The first-order valence-corrected chi connectivity index (χ1v) is 9.37. The highest BCUT2D eigenvalue weighted by Crippen LogP contribution is 2.30. The number of ether oxygens (including phenoxy) is 4. The zero-order valence-corrected chi connectivity index (χ0v) is 15.8. The van der Waals surface area contributed by atoms with Crippen LogP contribution in [0, 0.1) is 0 Å². The van der Waals surface area contributed by atoms with E-state index in [1.54, 1.807) is 12.1 Å². The summed E-state index contributed by atoms with van der Waals surface area (Å²) in [6.07, 6.45) is -15.0. The molecule has 2 aliphatic heterocycles. The van der Waals surface area contributed by atoms with E-state index in [1.807, 2.05) is 0 Å². The zero-order valence-electron chi connectivity index (χ0n) is 15.8. The third kappa shape index (κ3) is 4.68. The molecule has 30 heavy (non-hydrogen) atoms. The van der Waals surface area contributed by atoms with E-state index in [-0.39, 0.29) is 0 Å². The lowest BCUT2D eigenvalue weighted by molar-refractivity contribution is -0.352. The van der Waals surface area contributed by atoms with Crippen molar-refractivity contribution in [1.29, 1.82) is 0 Å². The standard InChI is InChI=1S/C18H27NO11/c19-7-1-3-8(4-2-7)27-17-15(26)13(24)16(10(6-21)29-17)30-18-14(25)12(23)11(22)9(5-20)28-18/h1-4,9-18,20-26H,5-6,19H2/t9-,10?,11+,12+,13?,14?,15-,16-,17?,18?/m1/s1. The molecule has 12 heteroatoms. The normalized spacial score (nSPS) is 42.1. The van der Waals surface area contributed by atoms with Gasteiger partial charge in [0.25, 0.3) is 0 Å². The Balaban J connectivity index is 1.71. The van der Waals surface area contributed by atoms with Crippen LogP contribution in [0.2, 0.25) is 0 Å². The van der Waals surface area contributed by atoms with Crippen molar-refractivity contribution in [2.75, 3.05) is 18.9 Å². The molecule has 10 atom stereocenters. The summed E-state index contributed by atoms with van der Waals surface area (Å²) in [5.74, 6) is 0.297. The van der Waals surface area contributed by atoms with Crippen LogP contribution in [0.3, 0.4) is 0 Å². The SMILES string of the molecule is Nc1ccc(OC2OC(CO)[C@@H](OC3O[C@H](CO)[C@H](O)[C@H](O)C3O)C(O)[C@H]2O)cc1. The van der Waals surface area contributed by atoms with Gasteiger partial charge in [-0.05, 0) is 24.3 Å². The summed E-state index contributed by atoms with van der Waals surface area (Å²) >= 11 is 0. The molecule has 170 valence electrons. The van der Waals surface area contributed by atoms with E-state index in [0.717, 1.165) is 0 Å². The summed E-state index contributed by atoms with van der Waals surface area (Å²) in [6, 6.07) is 6.19. The Hall–Kier alpha value is -1.58. The third-order valence-corrected chi connectivity index (χ3v) is 5.09. The maximum absolute atomic E-state index is 10.5. The molecule has 2 fully saturated rings. The highest BCUT2D eigenvalue weighted by atomic mass is 16.7. The molecule has 1 aromatic carbocycles. The zero-order chi connectivity index (χ0) is 22.0. The van der Waals surface area contributed by atoms with Crippen molar-refractivity contribution in [1.82, 2.24) is 0 Å². The number of rotatable bonds is 6. The summed E-state index contributed by atoms with van der Waals surface area (Å²) in [5.41, 5.74) is 6.10. The predicted octanol–water partition coefficient (Wildman–Crippen LogP) is -3.73. The van der Waals surface area contributed by atoms with Crippen molar-refractivity contribution >= 4 is 5.69 Å². The minimum absolute atomic E-state index is 0.297. The first-order valence-electron chi connectivity index (χ1n) is 9.37. The lowest BCUT2D eigenvalue weighted by Gasteiger charge is -2.45. The number of hydrogen-bond acceptors (Lipinski definition) is 12. The molecule has 1 aromatic rings. The van der Waals surface area contributed by atoms with E-state index in [2.05, 4.69) is 0 Å². The Labute approximate surface area is 171 Å². The van der Waals surface area contributed by atoms with Crippen LogP contribution in [0.1, 0.15) is 0 Å². The fourth-order valence-corrected chi connectivity index (χ4v) is 3.33. The van der Waals surface area contributed by atoms with Crippen LogP contribution < -0.4 is 10.5 Å². The summed E-state index contributed by atoms with van der Waals surface area (Å²) in [4.78, 5) is 0. The van der Waals surface area contributed by atoms with E-state index in [1.165, 1.54) is 12.1 Å². The monoisotopic (exact) mass is 433 g/mol. The molecule has 2 saturated heterocycles. The molecule has 5 unspecified atom stereocenters. The van der Waals surface area contributed by atoms with E-state index in [0.29, 0.717) is 11.4 Å². The van der Waals surface area contributed by atoms with Crippen LogP contribution >= 0.6 is 0 Å². The number of benzene rings is 1. The van der Waals surface area contributed by atoms with Crippen molar-refractivity contribution < 1.29 is 54.7 Å². The Morgan fingerprint density at radius 2 is 1.30 bits per heavy atom. The molecule has 2 aliphatic rings. The average Bonchev–Trinajstić information content (AvgIpc) is 2.74. The van der Waals surface area contributed by atoms with Gasteiger partial charge in [-0.25, -0.2) is 0 Å². The van der Waals surface area contributed by atoms with Gasteiger partial charge in [0.05, 0.1) is 13.2 Å². The van der Waals surface area contributed by atoms with Gasteiger partial charge < -0.3 is 60.4 Å². The summed E-state index contributed by atoms with van der Waals surface area (Å²) < 4.78 is 21.7. The number of aliphatic hydroxyl groups is 7. The molecule has 0 aliphatic carbocycles. The van der Waals surface area contributed by atoms with Gasteiger partial charge in [0.2, 0.25) is 6.29 Å². The molecular weight excluding hydrogens is 406 g/mol. The maximum Gasteiger partial charge on any atom is 0.229 e. The second kappa shape index (κ2) is 9.70. The van der Waals surface area contributed by atoms with Crippen LogP contribution in [0.5, 0.6) is 5.75 Å². The predicted molar refractivity (Wildman–Crippen MR) is 97.9 cm³/mol. The van der Waals surface area contributed by atoms with Gasteiger partial charge in [-0.1, -0.05) is 0 Å².